The zero-order valence-corrected chi connectivity index (χ0v) is 15.8. The lowest BCUT2D eigenvalue weighted by molar-refractivity contribution is -0.117. The van der Waals surface area contributed by atoms with Gasteiger partial charge in [-0.2, -0.15) is 0 Å². The summed E-state index contributed by atoms with van der Waals surface area (Å²) in [5.41, 5.74) is 1.98. The maximum absolute atomic E-state index is 12.2. The van der Waals surface area contributed by atoms with Gasteiger partial charge in [0.1, 0.15) is 5.75 Å². The molecular weight excluding hydrogens is 382 g/mol. The van der Waals surface area contributed by atoms with Crippen LogP contribution in [0.5, 0.6) is 5.75 Å². The van der Waals surface area contributed by atoms with Gasteiger partial charge in [-0.3, -0.25) is 9.69 Å². The summed E-state index contributed by atoms with van der Waals surface area (Å²) in [4.78, 5) is 16.7. The van der Waals surface area contributed by atoms with Crippen LogP contribution in [0.25, 0.3) is 0 Å². The molecule has 0 spiro atoms. The van der Waals surface area contributed by atoms with Crippen LogP contribution in [0.2, 0.25) is 0 Å². The minimum absolute atomic E-state index is 0.0212. The first kappa shape index (κ1) is 17.8. The Hall–Kier alpha value is -2.05. The van der Waals surface area contributed by atoms with Gasteiger partial charge in [0.2, 0.25) is 5.91 Å². The first-order valence-corrected chi connectivity index (χ1v) is 9.10. The number of nitrogens with one attached hydrogen (secondary N) is 1. The molecule has 2 aromatic rings. The fraction of sp³-hybridized carbons (Fsp3) is 0.316. The second kappa shape index (κ2) is 8.36. The van der Waals surface area contributed by atoms with Crippen LogP contribution in [-0.4, -0.2) is 50.6 Å². The average Bonchev–Trinajstić information content (AvgIpc) is 2.62. The number of halogens is 1. The van der Waals surface area contributed by atoms with Gasteiger partial charge < -0.3 is 15.0 Å². The summed E-state index contributed by atoms with van der Waals surface area (Å²) < 4.78 is 6.25. The summed E-state index contributed by atoms with van der Waals surface area (Å²) in [7, 11) is 1.68. The summed E-state index contributed by atoms with van der Waals surface area (Å²) in [6, 6.07) is 15.7. The predicted molar refractivity (Wildman–Crippen MR) is 104 cm³/mol. The molecule has 1 aliphatic rings. The van der Waals surface area contributed by atoms with E-state index in [1.807, 2.05) is 36.4 Å². The van der Waals surface area contributed by atoms with Crippen LogP contribution >= 0.6 is 15.9 Å². The molecule has 0 aromatic heterocycles. The Balaban J connectivity index is 1.49. The second-order valence-corrected chi connectivity index (χ2v) is 6.94. The average molecular weight is 404 g/mol. The van der Waals surface area contributed by atoms with E-state index in [1.54, 1.807) is 7.11 Å². The second-order valence-electron chi connectivity index (χ2n) is 6.02. The number of hydrogen-bond acceptors (Lipinski definition) is 4. The highest BCUT2D eigenvalue weighted by Crippen LogP contribution is 2.22. The highest BCUT2D eigenvalue weighted by molar-refractivity contribution is 9.10. The van der Waals surface area contributed by atoms with Crippen molar-refractivity contribution in [1.82, 2.24) is 4.90 Å². The third-order valence-corrected chi connectivity index (χ3v) is 4.76. The van der Waals surface area contributed by atoms with Crippen molar-refractivity contribution in [2.75, 3.05) is 50.1 Å². The topological polar surface area (TPSA) is 44.8 Å². The Bertz CT molecular complexity index is 730. The van der Waals surface area contributed by atoms with E-state index in [0.717, 1.165) is 47.8 Å². The molecular formula is C19H22BrN3O2. The van der Waals surface area contributed by atoms with Gasteiger partial charge in [0.15, 0.2) is 0 Å². The van der Waals surface area contributed by atoms with Crippen molar-refractivity contribution in [3.05, 3.63) is 53.0 Å². The fourth-order valence-corrected chi connectivity index (χ4v) is 3.34. The largest absolute Gasteiger partial charge is 0.497 e. The maximum Gasteiger partial charge on any atom is 0.238 e. The van der Waals surface area contributed by atoms with Gasteiger partial charge in [-0.05, 0) is 30.3 Å². The van der Waals surface area contributed by atoms with Crippen LogP contribution in [-0.2, 0) is 4.79 Å². The van der Waals surface area contributed by atoms with Crippen LogP contribution in [0.1, 0.15) is 0 Å². The van der Waals surface area contributed by atoms with Gasteiger partial charge in [0.05, 0.1) is 13.7 Å². The van der Waals surface area contributed by atoms with Gasteiger partial charge in [-0.15, -0.1) is 0 Å². The first-order valence-electron chi connectivity index (χ1n) is 8.31. The van der Waals surface area contributed by atoms with E-state index in [9.17, 15) is 4.79 Å². The zero-order chi connectivity index (χ0) is 17.6. The van der Waals surface area contributed by atoms with Crippen molar-refractivity contribution in [3.63, 3.8) is 0 Å². The molecule has 1 aliphatic heterocycles. The van der Waals surface area contributed by atoms with Gasteiger partial charge in [0.25, 0.3) is 0 Å². The van der Waals surface area contributed by atoms with Crippen molar-refractivity contribution in [3.8, 4) is 5.75 Å². The number of benzene rings is 2. The van der Waals surface area contributed by atoms with E-state index in [2.05, 4.69) is 43.2 Å². The van der Waals surface area contributed by atoms with Gasteiger partial charge >= 0.3 is 0 Å². The maximum atomic E-state index is 12.2. The van der Waals surface area contributed by atoms with Crippen molar-refractivity contribution < 1.29 is 9.53 Å². The number of nitrogens with zero attached hydrogens (tertiary/aromatic N) is 2. The molecule has 1 heterocycles. The third-order valence-electron chi connectivity index (χ3n) is 4.27. The molecule has 0 atom stereocenters. The SMILES string of the molecule is COc1cccc(N2CCN(CC(=O)Nc3cccc(Br)c3)CC2)c1. The summed E-state index contributed by atoms with van der Waals surface area (Å²) in [5, 5.41) is 2.95. The predicted octanol–water partition coefficient (Wildman–Crippen LogP) is 3.22. The molecule has 0 radical (unpaired) electrons. The summed E-state index contributed by atoms with van der Waals surface area (Å²) in [6.45, 7) is 3.94. The lowest BCUT2D eigenvalue weighted by Gasteiger charge is -2.35. The normalized spacial score (nSPS) is 15.0. The third kappa shape index (κ3) is 4.96. The van der Waals surface area contributed by atoms with Crippen LogP contribution in [0.3, 0.4) is 0 Å². The monoisotopic (exact) mass is 403 g/mol. The zero-order valence-electron chi connectivity index (χ0n) is 14.2. The van der Waals surface area contributed by atoms with Crippen molar-refractivity contribution in [2.45, 2.75) is 0 Å². The van der Waals surface area contributed by atoms with E-state index in [4.69, 9.17) is 4.74 Å². The lowest BCUT2D eigenvalue weighted by Crippen LogP contribution is -2.48. The standard InChI is InChI=1S/C19H22BrN3O2/c1-25-18-7-3-6-17(13-18)23-10-8-22(9-11-23)14-19(24)21-16-5-2-4-15(20)12-16/h2-7,12-13H,8-11,14H2,1H3,(H,21,24). The smallest absolute Gasteiger partial charge is 0.238 e. The van der Waals surface area contributed by atoms with Gasteiger partial charge in [-0.25, -0.2) is 0 Å². The van der Waals surface area contributed by atoms with E-state index in [0.29, 0.717) is 6.54 Å². The highest BCUT2D eigenvalue weighted by Gasteiger charge is 2.19. The number of carbonyl (C=O) groups excluding carboxylic acids is 1. The van der Waals surface area contributed by atoms with Crippen molar-refractivity contribution in [1.29, 1.82) is 0 Å². The number of ether oxygens (including phenoxy) is 1. The molecule has 1 saturated heterocycles. The molecule has 3 rings (SSSR count). The minimum Gasteiger partial charge on any atom is -0.497 e. The fourth-order valence-electron chi connectivity index (χ4n) is 2.94. The summed E-state index contributed by atoms with van der Waals surface area (Å²) >= 11 is 3.41. The number of carbonyl (C=O) groups is 1. The van der Waals surface area contributed by atoms with E-state index in [1.165, 1.54) is 0 Å². The Morgan fingerprint density at radius 2 is 1.88 bits per heavy atom. The van der Waals surface area contributed by atoms with E-state index >= 15 is 0 Å². The lowest BCUT2D eigenvalue weighted by atomic mass is 10.2. The minimum atomic E-state index is 0.0212. The van der Waals surface area contributed by atoms with Crippen molar-refractivity contribution >= 4 is 33.2 Å². The number of rotatable bonds is 5. The van der Waals surface area contributed by atoms with Crippen LogP contribution in [0, 0.1) is 0 Å². The number of piperazine rings is 1. The molecule has 0 unspecified atom stereocenters. The van der Waals surface area contributed by atoms with Crippen LogP contribution in [0.4, 0.5) is 11.4 Å². The molecule has 0 aliphatic carbocycles. The molecule has 0 bridgehead atoms. The molecule has 5 nitrogen and oxygen atoms in total. The molecule has 1 fully saturated rings. The van der Waals surface area contributed by atoms with E-state index < -0.39 is 0 Å². The Morgan fingerprint density at radius 1 is 1.12 bits per heavy atom. The molecule has 0 saturated carbocycles. The Kier molecular flexibility index (Phi) is 5.94. The molecule has 1 N–H and O–H groups in total. The quantitative estimate of drug-likeness (QED) is 0.832. The van der Waals surface area contributed by atoms with E-state index in [-0.39, 0.29) is 5.91 Å². The number of hydrogen-bond donors (Lipinski definition) is 1. The molecule has 25 heavy (non-hydrogen) atoms. The van der Waals surface area contributed by atoms with Crippen molar-refractivity contribution in [2.24, 2.45) is 0 Å². The Morgan fingerprint density at radius 3 is 2.60 bits per heavy atom. The van der Waals surface area contributed by atoms with Gasteiger partial charge in [-0.1, -0.05) is 28.1 Å². The number of amides is 1. The van der Waals surface area contributed by atoms with Gasteiger partial charge in [0, 0.05) is 48.1 Å². The highest BCUT2D eigenvalue weighted by atomic mass is 79.9. The molecule has 6 heteroatoms. The number of methoxy groups -OCH3 is 1. The molecule has 132 valence electrons. The molecule has 1 amide bonds. The molecule has 2 aromatic carbocycles. The van der Waals surface area contributed by atoms with Crippen LogP contribution in [0.15, 0.2) is 53.0 Å². The van der Waals surface area contributed by atoms with Crippen LogP contribution < -0.4 is 15.0 Å². The summed E-state index contributed by atoms with van der Waals surface area (Å²) in [5.74, 6) is 0.890. The number of anilines is 2. The first-order chi connectivity index (χ1) is 12.1. The summed E-state index contributed by atoms with van der Waals surface area (Å²) in [6.07, 6.45) is 0. The Labute approximate surface area is 156 Å².